The first kappa shape index (κ1) is 28.0. The molecule has 1 aromatic rings. The molecule has 0 saturated carbocycles. The minimum Gasteiger partial charge on any atom is -0.496 e. The Morgan fingerprint density at radius 2 is 1.88 bits per heavy atom. The predicted octanol–water partition coefficient (Wildman–Crippen LogP) is 6.88. The van der Waals surface area contributed by atoms with E-state index in [4.69, 9.17) is 18.6 Å². The van der Waals surface area contributed by atoms with Gasteiger partial charge in [-0.25, -0.2) is 4.79 Å². The molecule has 1 heterocycles. The maximum absolute atomic E-state index is 13.0. The normalized spacial score (nSPS) is 19.8. The summed E-state index contributed by atoms with van der Waals surface area (Å²) < 4.78 is 26.0. The van der Waals surface area contributed by atoms with Gasteiger partial charge in [0.05, 0.1) is 19.8 Å². The number of benzene rings is 1. The average Bonchev–Trinajstić information content (AvgIpc) is 3.07. The van der Waals surface area contributed by atoms with Crippen LogP contribution in [-0.4, -0.2) is 57.3 Å². The number of rotatable bonds is 7. The molecule has 0 bridgehead atoms. The molecule has 1 aliphatic heterocycles. The number of methoxy groups -OCH3 is 1. The lowest BCUT2D eigenvalue weighted by Gasteiger charge is -2.38. The predicted molar refractivity (Wildman–Crippen MR) is 145 cm³/mol. The Morgan fingerprint density at radius 3 is 2.42 bits per heavy atom. The van der Waals surface area contributed by atoms with Crippen molar-refractivity contribution in [3.8, 4) is 11.5 Å². The SMILES string of the molecule is COc1ccc(O[C@H]2CCN(C(=O)OC(C)(C)C)[C@@H]2CO[Si](C)(C)C(C)(C)C)cc1/C=C/I. The lowest BCUT2D eigenvalue weighted by molar-refractivity contribution is 0.0100. The van der Waals surface area contributed by atoms with Crippen molar-refractivity contribution in [2.75, 3.05) is 20.3 Å². The summed E-state index contributed by atoms with van der Waals surface area (Å²) in [4.78, 5) is 14.8. The number of halogens is 1. The van der Waals surface area contributed by atoms with Gasteiger partial charge in [-0.2, -0.15) is 0 Å². The lowest BCUT2D eigenvalue weighted by atomic mass is 10.1. The molecule has 0 unspecified atom stereocenters. The van der Waals surface area contributed by atoms with Crippen LogP contribution in [0.2, 0.25) is 18.1 Å². The van der Waals surface area contributed by atoms with Gasteiger partial charge in [0, 0.05) is 18.5 Å². The number of nitrogens with zero attached hydrogens (tertiary/aromatic N) is 1. The summed E-state index contributed by atoms with van der Waals surface area (Å²) in [7, 11) is -0.341. The zero-order valence-corrected chi connectivity index (χ0v) is 24.7. The molecular formula is C25H40INO5Si. The largest absolute Gasteiger partial charge is 0.496 e. The highest BCUT2D eigenvalue weighted by Crippen LogP contribution is 2.37. The Kier molecular flexibility index (Phi) is 9.32. The maximum atomic E-state index is 13.0. The van der Waals surface area contributed by atoms with Crippen molar-refractivity contribution in [3.63, 3.8) is 0 Å². The Morgan fingerprint density at radius 1 is 1.21 bits per heavy atom. The number of carbonyl (C=O) groups is 1. The molecule has 0 aliphatic carbocycles. The zero-order valence-electron chi connectivity index (χ0n) is 21.5. The minimum atomic E-state index is -2.00. The summed E-state index contributed by atoms with van der Waals surface area (Å²) in [6.07, 6.45) is 2.19. The molecule has 0 radical (unpaired) electrons. The second kappa shape index (κ2) is 11.0. The van der Waals surface area contributed by atoms with Gasteiger partial charge in [-0.1, -0.05) is 43.4 Å². The van der Waals surface area contributed by atoms with Crippen LogP contribution in [-0.2, 0) is 9.16 Å². The number of carbonyl (C=O) groups excluding carboxylic acids is 1. The molecule has 2 atom stereocenters. The second-order valence-electron chi connectivity index (χ2n) is 11.0. The highest BCUT2D eigenvalue weighted by atomic mass is 127. The molecule has 0 N–H and O–H groups in total. The first-order chi connectivity index (χ1) is 15.2. The van der Waals surface area contributed by atoms with Crippen LogP contribution in [0, 0.1) is 0 Å². The summed E-state index contributed by atoms with van der Waals surface area (Å²) in [5, 5.41) is 0.0787. The fourth-order valence-corrected chi connectivity index (χ4v) is 4.78. The highest BCUT2D eigenvalue weighted by molar-refractivity contribution is 14.1. The van der Waals surface area contributed by atoms with Gasteiger partial charge in [-0.05, 0) is 67.3 Å². The second-order valence-corrected chi connectivity index (χ2v) is 16.5. The van der Waals surface area contributed by atoms with Crippen molar-refractivity contribution in [1.29, 1.82) is 0 Å². The van der Waals surface area contributed by atoms with Crippen molar-refractivity contribution in [2.24, 2.45) is 0 Å². The van der Waals surface area contributed by atoms with E-state index in [1.807, 2.05) is 49.1 Å². The summed E-state index contributed by atoms with van der Waals surface area (Å²) in [6.45, 7) is 17.7. The first-order valence-corrected chi connectivity index (χ1v) is 15.6. The van der Waals surface area contributed by atoms with Crippen molar-refractivity contribution in [1.82, 2.24) is 4.90 Å². The molecule has 1 amide bonds. The molecule has 1 saturated heterocycles. The molecular weight excluding hydrogens is 549 g/mol. The van der Waals surface area contributed by atoms with E-state index in [0.717, 1.165) is 17.1 Å². The molecule has 0 aromatic heterocycles. The molecule has 0 spiro atoms. The van der Waals surface area contributed by atoms with Crippen LogP contribution in [0.5, 0.6) is 11.5 Å². The van der Waals surface area contributed by atoms with E-state index in [2.05, 4.69) is 56.5 Å². The van der Waals surface area contributed by atoms with Crippen molar-refractivity contribution in [3.05, 3.63) is 27.8 Å². The maximum Gasteiger partial charge on any atom is 0.410 e. The van der Waals surface area contributed by atoms with Crippen molar-refractivity contribution < 1.29 is 23.4 Å². The van der Waals surface area contributed by atoms with E-state index in [-0.39, 0.29) is 23.3 Å². The van der Waals surface area contributed by atoms with Gasteiger partial charge in [-0.15, -0.1) is 0 Å². The number of hydrogen-bond acceptors (Lipinski definition) is 5. The van der Waals surface area contributed by atoms with Crippen LogP contribution < -0.4 is 9.47 Å². The number of hydrogen-bond donors (Lipinski definition) is 0. The minimum absolute atomic E-state index is 0.0787. The van der Waals surface area contributed by atoms with Crippen molar-refractivity contribution >= 4 is 43.1 Å². The fraction of sp³-hybridized carbons (Fsp3) is 0.640. The van der Waals surface area contributed by atoms with E-state index >= 15 is 0 Å². The van der Waals surface area contributed by atoms with Crippen molar-refractivity contribution in [2.45, 2.75) is 83.8 Å². The van der Waals surface area contributed by atoms with Gasteiger partial charge >= 0.3 is 6.09 Å². The highest BCUT2D eigenvalue weighted by Gasteiger charge is 2.44. The summed E-state index contributed by atoms with van der Waals surface area (Å²) >= 11 is 2.19. The standard InChI is InChI=1S/C25H40INO5Si/c1-24(2,3)32-23(28)27-15-13-22(20(27)17-30-33(8,9)25(4,5)6)31-19-10-11-21(29-7)18(16-19)12-14-26/h10-12,14,16,20,22H,13,15,17H2,1-9H3/b14-12+/t20-,22+/m1/s1. The van der Waals surface area contributed by atoms with E-state index in [9.17, 15) is 4.79 Å². The number of ether oxygens (including phenoxy) is 3. The molecule has 1 aliphatic rings. The summed E-state index contributed by atoms with van der Waals surface area (Å²) in [5.74, 6) is 1.53. The molecule has 2 rings (SSSR count). The summed E-state index contributed by atoms with van der Waals surface area (Å²) in [5.41, 5.74) is 0.387. The summed E-state index contributed by atoms with van der Waals surface area (Å²) in [6, 6.07) is 5.56. The Balaban J connectivity index is 2.28. The Labute approximate surface area is 214 Å². The van der Waals surface area contributed by atoms with Crippen LogP contribution in [0.25, 0.3) is 6.08 Å². The Hall–Kier alpha value is -1.26. The number of likely N-dealkylation sites (tertiary alicyclic amines) is 1. The molecule has 33 heavy (non-hydrogen) atoms. The third kappa shape index (κ3) is 7.61. The first-order valence-electron chi connectivity index (χ1n) is 11.4. The third-order valence-corrected chi connectivity index (χ3v) is 11.1. The van der Waals surface area contributed by atoms with Gasteiger partial charge < -0.3 is 18.6 Å². The molecule has 1 aromatic carbocycles. The Bertz CT molecular complexity index is 844. The van der Waals surface area contributed by atoms with Crippen LogP contribution >= 0.6 is 22.6 Å². The van der Waals surface area contributed by atoms with Gasteiger partial charge in [0.15, 0.2) is 8.32 Å². The smallest absolute Gasteiger partial charge is 0.410 e. The number of amides is 1. The average molecular weight is 590 g/mol. The molecule has 6 nitrogen and oxygen atoms in total. The van der Waals surface area contributed by atoms with Crippen LogP contribution in [0.3, 0.4) is 0 Å². The van der Waals surface area contributed by atoms with E-state index in [1.54, 1.807) is 12.0 Å². The van der Waals surface area contributed by atoms with Gasteiger partial charge in [0.25, 0.3) is 0 Å². The van der Waals surface area contributed by atoms with E-state index in [0.29, 0.717) is 19.6 Å². The quantitative estimate of drug-likeness (QED) is 0.257. The van der Waals surface area contributed by atoms with Gasteiger partial charge in [0.2, 0.25) is 0 Å². The molecule has 186 valence electrons. The molecule has 1 fully saturated rings. The van der Waals surface area contributed by atoms with Gasteiger partial charge in [0.1, 0.15) is 23.2 Å². The topological polar surface area (TPSA) is 57.2 Å². The van der Waals surface area contributed by atoms with E-state index < -0.39 is 13.9 Å². The van der Waals surface area contributed by atoms with Crippen LogP contribution in [0.1, 0.15) is 53.5 Å². The third-order valence-electron chi connectivity index (χ3n) is 6.26. The fourth-order valence-electron chi connectivity index (χ4n) is 3.38. The monoisotopic (exact) mass is 589 g/mol. The van der Waals surface area contributed by atoms with Gasteiger partial charge in [-0.3, -0.25) is 4.90 Å². The lowest BCUT2D eigenvalue weighted by Crippen LogP contribution is -2.50. The zero-order chi connectivity index (χ0) is 25.0. The molecule has 8 heteroatoms. The van der Waals surface area contributed by atoms with E-state index in [1.165, 1.54) is 0 Å². The van der Waals surface area contributed by atoms with Crippen LogP contribution in [0.4, 0.5) is 4.79 Å². The van der Waals surface area contributed by atoms with Crippen LogP contribution in [0.15, 0.2) is 22.3 Å².